The lowest BCUT2D eigenvalue weighted by atomic mass is 9.89. The Morgan fingerprint density at radius 1 is 0.800 bits per heavy atom. The summed E-state index contributed by atoms with van der Waals surface area (Å²) in [5, 5.41) is 7.58. The molecule has 0 aliphatic heterocycles. The molecule has 0 spiro atoms. The summed E-state index contributed by atoms with van der Waals surface area (Å²) in [4.78, 5) is 70.5. The number of amides is 3. The second-order valence-corrected chi connectivity index (χ2v) is 17.0. The standard InChI is InChI=1S/C47H79N5O8/c1-7-8-9-10-11-12-13-14-15-16-17-18-25-30-42(54)60-41(40(33-38-26-21-19-22-27-38)48-45(55)43(36(2)3)49-47(57)58-5)35-52(34-39-28-23-20-24-29-39)50-46(56)44(51-59-6)37(4)31-32-53/h19,21-22,26-27,31,36-37,39-41,43-44,51H,7-18,20,23-25,28-30,33-35H2,1-6H3,(H,48,55)(H,49,57)(H,50,56)/t37?,40-,41-,43-,44-/m0/s1. The van der Waals surface area contributed by atoms with Crippen LogP contribution >= 0.6 is 0 Å². The van der Waals surface area contributed by atoms with Gasteiger partial charge in [-0.3, -0.25) is 19.8 Å². The van der Waals surface area contributed by atoms with Crippen molar-refractivity contribution >= 4 is 29.8 Å². The van der Waals surface area contributed by atoms with E-state index in [4.69, 9.17) is 14.3 Å². The molecular weight excluding hydrogens is 763 g/mol. The highest BCUT2D eigenvalue weighted by molar-refractivity contribution is 5.86. The van der Waals surface area contributed by atoms with E-state index in [2.05, 4.69) is 28.5 Å². The van der Waals surface area contributed by atoms with Crippen LogP contribution in [0.5, 0.6) is 0 Å². The van der Waals surface area contributed by atoms with E-state index in [1.807, 2.05) is 44.2 Å². The molecule has 60 heavy (non-hydrogen) atoms. The number of esters is 1. The van der Waals surface area contributed by atoms with Gasteiger partial charge in [-0.2, -0.15) is 5.48 Å². The van der Waals surface area contributed by atoms with Gasteiger partial charge in [0.05, 0.1) is 26.8 Å². The van der Waals surface area contributed by atoms with Crippen molar-refractivity contribution in [2.24, 2.45) is 17.8 Å². The number of unbranched alkanes of at least 4 members (excludes halogenated alkanes) is 12. The molecule has 4 N–H and O–H groups in total. The maximum atomic E-state index is 14.1. The molecule has 1 aromatic carbocycles. The van der Waals surface area contributed by atoms with E-state index >= 15 is 0 Å². The number of carbonyl (C=O) groups is 4. The van der Waals surface area contributed by atoms with Crippen molar-refractivity contribution in [3.63, 3.8) is 0 Å². The summed E-state index contributed by atoms with van der Waals surface area (Å²) < 4.78 is 11.2. The molecule has 340 valence electrons. The molecule has 5 atom stereocenters. The minimum atomic E-state index is -0.927. The van der Waals surface area contributed by atoms with Gasteiger partial charge in [-0.25, -0.2) is 14.6 Å². The third kappa shape index (κ3) is 22.2. The maximum absolute atomic E-state index is 14.1. The lowest BCUT2D eigenvalue weighted by Gasteiger charge is -2.36. The number of alkyl carbamates (subject to hydrolysis) is 1. The molecule has 0 aromatic heterocycles. The van der Waals surface area contributed by atoms with Crippen LogP contribution in [0.2, 0.25) is 0 Å². The first-order valence-electron chi connectivity index (χ1n) is 23.0. The van der Waals surface area contributed by atoms with Crippen molar-refractivity contribution in [3.8, 4) is 0 Å². The number of benzene rings is 1. The van der Waals surface area contributed by atoms with Gasteiger partial charge in [0.25, 0.3) is 5.91 Å². The predicted octanol–water partition coefficient (Wildman–Crippen LogP) is 7.94. The van der Waals surface area contributed by atoms with E-state index in [-0.39, 0.29) is 30.8 Å². The number of hydrazine groups is 1. The summed E-state index contributed by atoms with van der Waals surface area (Å²) >= 11 is 0. The second kappa shape index (κ2) is 32.0. The Hall–Kier alpha value is -3.77. The van der Waals surface area contributed by atoms with Crippen LogP contribution in [0.3, 0.4) is 0 Å². The van der Waals surface area contributed by atoms with Crippen LogP contribution < -0.4 is 21.5 Å². The molecule has 1 fully saturated rings. The lowest BCUT2D eigenvalue weighted by molar-refractivity contribution is -0.154. The monoisotopic (exact) mass is 842 g/mol. The van der Waals surface area contributed by atoms with E-state index in [0.29, 0.717) is 19.4 Å². The van der Waals surface area contributed by atoms with Gasteiger partial charge in [0, 0.05) is 25.0 Å². The van der Waals surface area contributed by atoms with Crippen LogP contribution in [0.4, 0.5) is 4.79 Å². The lowest BCUT2D eigenvalue weighted by Crippen LogP contribution is -2.60. The zero-order valence-electron chi connectivity index (χ0n) is 37.8. The molecule has 1 aliphatic carbocycles. The molecule has 0 saturated heterocycles. The minimum Gasteiger partial charge on any atom is -0.459 e. The van der Waals surface area contributed by atoms with Crippen LogP contribution in [0, 0.1) is 17.8 Å². The normalized spacial score (nSPS) is 15.6. The van der Waals surface area contributed by atoms with Gasteiger partial charge >= 0.3 is 12.1 Å². The topological polar surface area (TPSA) is 164 Å². The number of hydrogen-bond acceptors (Lipinski definition) is 10. The van der Waals surface area contributed by atoms with E-state index < -0.39 is 48.1 Å². The van der Waals surface area contributed by atoms with E-state index in [9.17, 15) is 24.0 Å². The quantitative estimate of drug-likeness (QED) is 0.0242. The third-order valence-electron chi connectivity index (χ3n) is 11.5. The molecule has 0 bridgehead atoms. The Morgan fingerprint density at radius 2 is 1.40 bits per heavy atom. The van der Waals surface area contributed by atoms with Crippen molar-refractivity contribution in [2.75, 3.05) is 27.3 Å². The second-order valence-electron chi connectivity index (χ2n) is 17.0. The maximum Gasteiger partial charge on any atom is 0.407 e. The molecule has 13 nitrogen and oxygen atoms in total. The van der Waals surface area contributed by atoms with Gasteiger partial charge in [-0.1, -0.05) is 154 Å². The van der Waals surface area contributed by atoms with Crippen LogP contribution in [-0.4, -0.2) is 86.4 Å². The van der Waals surface area contributed by atoms with Crippen molar-refractivity contribution in [3.05, 3.63) is 42.0 Å². The van der Waals surface area contributed by atoms with Crippen LogP contribution in [0.1, 0.15) is 155 Å². The average molecular weight is 842 g/mol. The summed E-state index contributed by atoms with van der Waals surface area (Å²) in [6.07, 6.45) is 20.9. The van der Waals surface area contributed by atoms with Gasteiger partial charge in [-0.05, 0) is 43.1 Å². The molecule has 2 rings (SSSR count). The summed E-state index contributed by atoms with van der Waals surface area (Å²) in [5.41, 5.74) is 6.67. The van der Waals surface area contributed by atoms with Crippen molar-refractivity contribution in [2.45, 2.75) is 180 Å². The van der Waals surface area contributed by atoms with Crippen LogP contribution in [0.25, 0.3) is 0 Å². The average Bonchev–Trinajstić information content (AvgIpc) is 3.23. The van der Waals surface area contributed by atoms with Crippen molar-refractivity contribution in [1.82, 2.24) is 26.5 Å². The highest BCUT2D eigenvalue weighted by Crippen LogP contribution is 2.25. The van der Waals surface area contributed by atoms with Gasteiger partial charge < -0.3 is 24.9 Å². The summed E-state index contributed by atoms with van der Waals surface area (Å²) in [6, 6.07) is 7.03. The molecule has 0 radical (unpaired) electrons. The van der Waals surface area contributed by atoms with Gasteiger partial charge in [0.15, 0.2) is 0 Å². The summed E-state index contributed by atoms with van der Waals surface area (Å²) in [5.74, 6) is -0.0465. The van der Waals surface area contributed by atoms with Gasteiger partial charge in [0.2, 0.25) is 5.91 Å². The Bertz CT molecular complexity index is 1380. The Kier molecular flexibility index (Phi) is 27.9. The predicted molar refractivity (Wildman–Crippen MR) is 236 cm³/mol. The van der Waals surface area contributed by atoms with Crippen LogP contribution in [0.15, 0.2) is 36.4 Å². The summed E-state index contributed by atoms with van der Waals surface area (Å²) in [6.45, 7) is 8.17. The molecule has 3 amide bonds. The number of carbonyl (C=O) groups excluding carboxylic acids is 5. The molecule has 1 saturated carbocycles. The molecule has 0 heterocycles. The fourth-order valence-corrected chi connectivity index (χ4v) is 7.92. The smallest absolute Gasteiger partial charge is 0.407 e. The molecule has 1 unspecified atom stereocenters. The van der Waals surface area contributed by atoms with Gasteiger partial charge in [-0.15, -0.1) is 0 Å². The zero-order valence-corrected chi connectivity index (χ0v) is 37.8. The van der Waals surface area contributed by atoms with Crippen molar-refractivity contribution in [1.29, 1.82) is 0 Å². The zero-order chi connectivity index (χ0) is 44.0. The molecule has 13 heteroatoms. The highest BCUT2D eigenvalue weighted by atomic mass is 16.6. The first-order valence-corrected chi connectivity index (χ1v) is 23.0. The fraction of sp³-hybridized carbons (Fsp3) is 0.745. The van der Waals surface area contributed by atoms with Gasteiger partial charge in [0.1, 0.15) is 24.1 Å². The Morgan fingerprint density at radius 3 is 1.95 bits per heavy atom. The highest BCUT2D eigenvalue weighted by Gasteiger charge is 2.35. The van der Waals surface area contributed by atoms with E-state index in [1.165, 1.54) is 78.1 Å². The Balaban J connectivity index is 2.35. The number of nitrogens with one attached hydrogen (secondary N) is 4. The molecule has 1 aliphatic rings. The number of nitrogens with zero attached hydrogens (tertiary/aromatic N) is 1. The Labute approximate surface area is 361 Å². The van der Waals surface area contributed by atoms with E-state index in [1.54, 1.807) is 17.9 Å². The third-order valence-corrected chi connectivity index (χ3v) is 11.5. The molecule has 1 aromatic rings. The number of rotatable bonds is 32. The van der Waals surface area contributed by atoms with Crippen LogP contribution in [-0.2, 0) is 39.9 Å². The first-order chi connectivity index (χ1) is 29.0. The number of methoxy groups -OCH3 is 1. The fourth-order valence-electron chi connectivity index (χ4n) is 7.92. The number of ether oxygens (including phenoxy) is 2. The summed E-state index contributed by atoms with van der Waals surface area (Å²) in [7, 11) is 2.65. The first kappa shape index (κ1) is 52.4. The number of hydrogen-bond donors (Lipinski definition) is 4. The minimum absolute atomic E-state index is 0.0682. The van der Waals surface area contributed by atoms with Crippen molar-refractivity contribution < 1.29 is 38.3 Å². The molecular formula is C47H79N5O8. The largest absolute Gasteiger partial charge is 0.459 e. The van der Waals surface area contributed by atoms with E-state index in [0.717, 1.165) is 56.9 Å². The SMILES string of the molecule is CCCCCCCCCCCCCCCC(=O)O[C@@H](CN(CC1CCCCC1)NC(=O)[C@@H](NOC)C(C)C=C=O)[C@H](Cc1ccccc1)NC(=O)[C@@H](NC(=O)OC)C(C)C. The number of hydroxylamine groups is 1.